The molecule has 0 unspecified atom stereocenters. The highest BCUT2D eigenvalue weighted by Gasteiger charge is 2.28. The highest BCUT2D eigenvalue weighted by Crippen LogP contribution is 2.38. The Kier molecular flexibility index (Phi) is 7.11. The van der Waals surface area contributed by atoms with Crippen LogP contribution in [0, 0.1) is 0 Å². The van der Waals surface area contributed by atoms with E-state index in [1.54, 1.807) is 11.3 Å². The predicted octanol–water partition coefficient (Wildman–Crippen LogP) is 4.39. The second kappa shape index (κ2) is 9.34. The van der Waals surface area contributed by atoms with E-state index in [4.69, 9.17) is 21.7 Å². The maximum Gasteiger partial charge on any atom is 0.341 e. The highest BCUT2D eigenvalue weighted by atomic mass is 32.1. The number of ether oxygens (including phenoxy) is 2. The van der Waals surface area contributed by atoms with Crippen molar-refractivity contribution in [3.63, 3.8) is 0 Å². The van der Waals surface area contributed by atoms with Gasteiger partial charge in [0.2, 0.25) is 0 Å². The van der Waals surface area contributed by atoms with Crippen LogP contribution in [0.5, 0.6) is 0 Å². The molecule has 0 radical (unpaired) electrons. The van der Waals surface area contributed by atoms with E-state index in [9.17, 15) is 4.79 Å². The normalized spacial score (nSPS) is 23.1. The van der Waals surface area contributed by atoms with Crippen molar-refractivity contribution in [1.82, 2.24) is 4.90 Å². The summed E-state index contributed by atoms with van der Waals surface area (Å²) < 4.78 is 11.2. The van der Waals surface area contributed by atoms with E-state index in [0.717, 1.165) is 37.4 Å². The maximum atomic E-state index is 12.7. The molecule has 2 aliphatic rings. The monoisotopic (exact) mass is 410 g/mol. The van der Waals surface area contributed by atoms with Crippen molar-refractivity contribution in [2.45, 2.75) is 71.5 Å². The van der Waals surface area contributed by atoms with Crippen molar-refractivity contribution >= 4 is 39.6 Å². The Hall–Kier alpha value is -1.18. The zero-order chi connectivity index (χ0) is 19.4. The van der Waals surface area contributed by atoms with Gasteiger partial charge in [0, 0.05) is 18.0 Å². The molecule has 7 heteroatoms. The van der Waals surface area contributed by atoms with Gasteiger partial charge in [-0.05, 0) is 64.2 Å². The summed E-state index contributed by atoms with van der Waals surface area (Å²) in [6, 6.07) is 0. The lowest BCUT2D eigenvalue weighted by atomic mass is 9.96. The average molecular weight is 411 g/mol. The van der Waals surface area contributed by atoms with Crippen LogP contribution < -0.4 is 5.32 Å². The Bertz CT molecular complexity index is 679. The van der Waals surface area contributed by atoms with Gasteiger partial charge in [-0.15, -0.1) is 11.3 Å². The molecule has 0 saturated carbocycles. The third kappa shape index (κ3) is 5.00. The minimum atomic E-state index is -0.232. The molecule has 0 bridgehead atoms. The fourth-order valence-electron chi connectivity index (χ4n) is 3.95. The van der Waals surface area contributed by atoms with Gasteiger partial charge in [-0.25, -0.2) is 4.79 Å². The Morgan fingerprint density at radius 1 is 1.22 bits per heavy atom. The molecule has 150 valence electrons. The molecule has 2 heterocycles. The number of nitrogens with zero attached hydrogens (tertiary/aromatic N) is 1. The van der Waals surface area contributed by atoms with Gasteiger partial charge in [0.15, 0.2) is 5.11 Å². The average Bonchev–Trinajstić information content (AvgIpc) is 2.90. The third-order valence-electron chi connectivity index (χ3n) is 5.08. The predicted molar refractivity (Wildman–Crippen MR) is 114 cm³/mol. The largest absolute Gasteiger partial charge is 0.462 e. The van der Waals surface area contributed by atoms with Crippen LogP contribution in [-0.2, 0) is 22.3 Å². The summed E-state index contributed by atoms with van der Waals surface area (Å²) in [5.74, 6) is -0.232. The number of morpholine rings is 1. The quantitative estimate of drug-likeness (QED) is 0.589. The number of nitrogens with one attached hydrogen (secondary N) is 1. The first-order chi connectivity index (χ1) is 13.0. The number of hydrogen-bond acceptors (Lipinski definition) is 5. The summed E-state index contributed by atoms with van der Waals surface area (Å²) in [5, 5.41) is 4.89. The Balaban J connectivity index is 1.85. The molecule has 5 nitrogen and oxygen atoms in total. The first-order valence-electron chi connectivity index (χ1n) is 10.0. The van der Waals surface area contributed by atoms with Crippen molar-refractivity contribution in [2.24, 2.45) is 0 Å². The number of fused-ring (bicyclic) bond motifs is 1. The minimum absolute atomic E-state index is 0.140. The topological polar surface area (TPSA) is 50.8 Å². The molecule has 1 aliphatic carbocycles. The first-order valence-corrected chi connectivity index (χ1v) is 11.2. The minimum Gasteiger partial charge on any atom is -0.462 e. The molecule has 0 aromatic carbocycles. The van der Waals surface area contributed by atoms with E-state index >= 15 is 0 Å². The fourth-order valence-corrected chi connectivity index (χ4v) is 5.54. The zero-order valence-electron chi connectivity index (χ0n) is 16.5. The lowest BCUT2D eigenvalue weighted by Gasteiger charge is -2.36. The van der Waals surface area contributed by atoms with Gasteiger partial charge in [-0.1, -0.05) is 12.8 Å². The molecule has 1 aromatic heterocycles. The number of thiocarbonyl (C=S) groups is 1. The molecule has 2 atom stereocenters. The maximum absolute atomic E-state index is 12.7. The summed E-state index contributed by atoms with van der Waals surface area (Å²) in [5.41, 5.74) is 1.88. The van der Waals surface area contributed by atoms with Crippen molar-refractivity contribution in [1.29, 1.82) is 0 Å². The Morgan fingerprint density at radius 2 is 1.89 bits per heavy atom. The van der Waals surface area contributed by atoms with Crippen molar-refractivity contribution in [2.75, 3.05) is 25.0 Å². The molecule has 1 aromatic rings. The lowest BCUT2D eigenvalue weighted by Crippen LogP contribution is -2.49. The second-order valence-electron chi connectivity index (χ2n) is 7.44. The number of carbonyl (C=O) groups is 1. The molecule has 0 amide bonds. The van der Waals surface area contributed by atoms with Crippen molar-refractivity contribution in [3.8, 4) is 0 Å². The van der Waals surface area contributed by atoms with Gasteiger partial charge in [-0.3, -0.25) is 0 Å². The third-order valence-corrected chi connectivity index (χ3v) is 6.65. The molecule has 3 rings (SSSR count). The van der Waals surface area contributed by atoms with Crippen LogP contribution >= 0.6 is 23.6 Å². The summed E-state index contributed by atoms with van der Waals surface area (Å²) in [7, 11) is 0. The van der Waals surface area contributed by atoms with Crippen LogP contribution in [0.3, 0.4) is 0 Å². The number of rotatable bonds is 3. The van der Waals surface area contributed by atoms with E-state index in [0.29, 0.717) is 17.3 Å². The van der Waals surface area contributed by atoms with Crippen molar-refractivity contribution in [3.05, 3.63) is 16.0 Å². The van der Waals surface area contributed by atoms with Crippen LogP contribution in [0.25, 0.3) is 0 Å². The SMILES string of the molecule is CCOC(=O)c1c(NC(=S)N2C[C@H](C)O[C@@H](C)C2)sc2c1CCCCCC2. The number of thiophene rings is 1. The standard InChI is InChI=1S/C20H30N2O3S2/c1-4-24-19(23)17-15-9-7-5-6-8-10-16(15)27-18(17)21-20(26)22-11-13(2)25-14(3)12-22/h13-14H,4-12H2,1-3H3,(H,21,26)/t13-,14-/m0/s1. The molecular formula is C20H30N2O3S2. The van der Waals surface area contributed by atoms with E-state index in [2.05, 4.69) is 24.1 Å². The number of anilines is 1. The first kappa shape index (κ1) is 20.6. The molecule has 0 spiro atoms. The number of hydrogen-bond donors (Lipinski definition) is 1. The van der Waals surface area contributed by atoms with Gasteiger partial charge in [0.05, 0.1) is 24.4 Å². The lowest BCUT2D eigenvalue weighted by molar-refractivity contribution is -0.0473. The molecule has 1 aliphatic heterocycles. The van der Waals surface area contributed by atoms with Crippen molar-refractivity contribution < 1.29 is 14.3 Å². The highest BCUT2D eigenvalue weighted by molar-refractivity contribution is 7.80. The van der Waals surface area contributed by atoms with Crippen LogP contribution in [0.15, 0.2) is 0 Å². The van der Waals surface area contributed by atoms with Gasteiger partial charge in [-0.2, -0.15) is 0 Å². The molecule has 1 N–H and O–H groups in total. The Labute approximate surface area is 171 Å². The van der Waals surface area contributed by atoms with E-state index in [-0.39, 0.29) is 18.2 Å². The summed E-state index contributed by atoms with van der Waals surface area (Å²) in [6.07, 6.45) is 7.05. The molecule has 1 saturated heterocycles. The summed E-state index contributed by atoms with van der Waals surface area (Å²) in [4.78, 5) is 16.2. The van der Waals surface area contributed by atoms with Gasteiger partial charge in [0.1, 0.15) is 5.00 Å². The van der Waals surface area contributed by atoms with Crippen LogP contribution in [-0.4, -0.2) is 47.9 Å². The van der Waals surface area contributed by atoms with E-state index < -0.39 is 0 Å². The second-order valence-corrected chi connectivity index (χ2v) is 8.93. The van der Waals surface area contributed by atoms with Crippen LogP contribution in [0.2, 0.25) is 0 Å². The molecular weight excluding hydrogens is 380 g/mol. The van der Waals surface area contributed by atoms with E-state index in [1.807, 2.05) is 6.92 Å². The van der Waals surface area contributed by atoms with Gasteiger partial charge < -0.3 is 19.7 Å². The Morgan fingerprint density at radius 3 is 2.56 bits per heavy atom. The molecule has 27 heavy (non-hydrogen) atoms. The number of carbonyl (C=O) groups excluding carboxylic acids is 1. The number of esters is 1. The smallest absolute Gasteiger partial charge is 0.341 e. The molecule has 1 fully saturated rings. The van der Waals surface area contributed by atoms with Gasteiger partial charge in [0.25, 0.3) is 0 Å². The number of aryl methyl sites for hydroxylation is 1. The fraction of sp³-hybridized carbons (Fsp3) is 0.700. The summed E-state index contributed by atoms with van der Waals surface area (Å²) in [6.45, 7) is 7.87. The summed E-state index contributed by atoms with van der Waals surface area (Å²) >= 11 is 7.36. The van der Waals surface area contributed by atoms with Crippen LogP contribution in [0.4, 0.5) is 5.00 Å². The van der Waals surface area contributed by atoms with E-state index in [1.165, 1.54) is 29.7 Å². The van der Waals surface area contributed by atoms with Gasteiger partial charge >= 0.3 is 5.97 Å². The van der Waals surface area contributed by atoms with Crippen LogP contribution in [0.1, 0.15) is 67.3 Å². The zero-order valence-corrected chi connectivity index (χ0v) is 18.1.